The van der Waals surface area contributed by atoms with Gasteiger partial charge < -0.3 is 9.67 Å². The summed E-state index contributed by atoms with van der Waals surface area (Å²) in [6, 6.07) is 8.03. The van der Waals surface area contributed by atoms with Gasteiger partial charge in [0.2, 0.25) is 0 Å². The first kappa shape index (κ1) is 12.2. The molecule has 1 N–H and O–H groups in total. The van der Waals surface area contributed by atoms with E-state index in [1.165, 1.54) is 10.6 Å². The fourth-order valence-electron chi connectivity index (χ4n) is 1.52. The SMILES string of the molecule is CC(O)c1ccc(SCc2cncn2C)cc1. The molecule has 1 aromatic carbocycles. The number of aromatic nitrogens is 2. The Morgan fingerprint density at radius 2 is 2.06 bits per heavy atom. The second-order valence-corrected chi connectivity index (χ2v) is 5.08. The highest BCUT2D eigenvalue weighted by Gasteiger charge is 2.02. The van der Waals surface area contributed by atoms with Gasteiger partial charge in [-0.05, 0) is 24.6 Å². The van der Waals surface area contributed by atoms with Crippen molar-refractivity contribution in [1.29, 1.82) is 0 Å². The van der Waals surface area contributed by atoms with Gasteiger partial charge in [-0.25, -0.2) is 4.98 Å². The van der Waals surface area contributed by atoms with Crippen LogP contribution < -0.4 is 0 Å². The molecular formula is C13H16N2OS. The summed E-state index contributed by atoms with van der Waals surface area (Å²) in [4.78, 5) is 5.29. The zero-order chi connectivity index (χ0) is 12.3. The average Bonchev–Trinajstić information content (AvgIpc) is 2.73. The topological polar surface area (TPSA) is 38.1 Å². The van der Waals surface area contributed by atoms with E-state index in [0.29, 0.717) is 0 Å². The third-order valence-electron chi connectivity index (χ3n) is 2.67. The highest BCUT2D eigenvalue weighted by molar-refractivity contribution is 7.98. The lowest BCUT2D eigenvalue weighted by Crippen LogP contribution is -1.92. The van der Waals surface area contributed by atoms with E-state index < -0.39 is 6.10 Å². The zero-order valence-electron chi connectivity index (χ0n) is 10.00. The minimum atomic E-state index is -0.397. The van der Waals surface area contributed by atoms with Crippen LogP contribution in [0.5, 0.6) is 0 Å². The Morgan fingerprint density at radius 3 is 2.59 bits per heavy atom. The van der Waals surface area contributed by atoms with Crippen LogP contribution >= 0.6 is 11.8 Å². The molecule has 3 nitrogen and oxygen atoms in total. The van der Waals surface area contributed by atoms with E-state index in [4.69, 9.17) is 0 Å². The molecular weight excluding hydrogens is 232 g/mol. The van der Waals surface area contributed by atoms with Crippen LogP contribution in [0.1, 0.15) is 24.3 Å². The van der Waals surface area contributed by atoms with Crippen molar-refractivity contribution in [3.8, 4) is 0 Å². The fraction of sp³-hybridized carbons (Fsp3) is 0.308. The number of hydrogen-bond donors (Lipinski definition) is 1. The van der Waals surface area contributed by atoms with E-state index in [9.17, 15) is 5.11 Å². The van der Waals surface area contributed by atoms with Crippen molar-refractivity contribution in [2.75, 3.05) is 0 Å². The van der Waals surface area contributed by atoms with Crippen LogP contribution in [0.15, 0.2) is 41.7 Å². The van der Waals surface area contributed by atoms with Crippen LogP contribution in [0.25, 0.3) is 0 Å². The molecule has 0 radical (unpaired) electrons. The number of rotatable bonds is 4. The lowest BCUT2D eigenvalue weighted by molar-refractivity contribution is 0.199. The van der Waals surface area contributed by atoms with Crippen LogP contribution in [0, 0.1) is 0 Å². The van der Waals surface area contributed by atoms with Crippen molar-refractivity contribution in [2.24, 2.45) is 7.05 Å². The number of aliphatic hydroxyl groups excluding tert-OH is 1. The predicted octanol–water partition coefficient (Wildman–Crippen LogP) is 2.77. The minimum absolute atomic E-state index is 0.397. The van der Waals surface area contributed by atoms with E-state index in [2.05, 4.69) is 4.98 Å². The van der Waals surface area contributed by atoms with Crippen molar-refractivity contribution in [3.63, 3.8) is 0 Å². The highest BCUT2D eigenvalue weighted by Crippen LogP contribution is 2.24. The van der Waals surface area contributed by atoms with Gasteiger partial charge in [-0.1, -0.05) is 12.1 Å². The van der Waals surface area contributed by atoms with E-state index in [1.54, 1.807) is 18.7 Å². The lowest BCUT2D eigenvalue weighted by Gasteiger charge is -2.06. The first-order chi connectivity index (χ1) is 8.16. The molecule has 0 saturated carbocycles. The van der Waals surface area contributed by atoms with E-state index >= 15 is 0 Å². The quantitative estimate of drug-likeness (QED) is 0.845. The van der Waals surface area contributed by atoms with E-state index in [-0.39, 0.29) is 0 Å². The molecule has 2 rings (SSSR count). The molecule has 0 aliphatic rings. The Balaban J connectivity index is 1.98. The van der Waals surface area contributed by atoms with Crippen molar-refractivity contribution in [2.45, 2.75) is 23.7 Å². The number of hydrogen-bond acceptors (Lipinski definition) is 3. The summed E-state index contributed by atoms with van der Waals surface area (Å²) in [5.41, 5.74) is 2.16. The number of nitrogens with zero attached hydrogens (tertiary/aromatic N) is 2. The minimum Gasteiger partial charge on any atom is -0.389 e. The molecule has 1 unspecified atom stereocenters. The molecule has 0 bridgehead atoms. The summed E-state index contributed by atoms with van der Waals surface area (Å²) in [5.74, 6) is 0.907. The van der Waals surface area contributed by atoms with Gasteiger partial charge in [-0.2, -0.15) is 0 Å². The van der Waals surface area contributed by atoms with Gasteiger partial charge in [-0.15, -0.1) is 11.8 Å². The normalized spacial score (nSPS) is 12.6. The Kier molecular flexibility index (Phi) is 3.86. The molecule has 0 saturated heterocycles. The van der Waals surface area contributed by atoms with Crippen molar-refractivity contribution >= 4 is 11.8 Å². The van der Waals surface area contributed by atoms with Crippen LogP contribution in [0.4, 0.5) is 0 Å². The standard InChI is InChI=1S/C13H16N2OS/c1-10(16)11-3-5-13(6-4-11)17-8-12-7-14-9-15(12)2/h3-7,9-10,16H,8H2,1-2H3. The van der Waals surface area contributed by atoms with E-state index in [0.717, 1.165) is 11.3 Å². The number of thioether (sulfide) groups is 1. The van der Waals surface area contributed by atoms with Crippen molar-refractivity contribution in [3.05, 3.63) is 48.0 Å². The van der Waals surface area contributed by atoms with Crippen molar-refractivity contribution < 1.29 is 5.11 Å². The largest absolute Gasteiger partial charge is 0.389 e. The molecule has 0 fully saturated rings. The maximum Gasteiger partial charge on any atom is 0.0945 e. The summed E-state index contributed by atoms with van der Waals surface area (Å²) in [7, 11) is 2.00. The number of imidazole rings is 1. The van der Waals surface area contributed by atoms with Gasteiger partial charge >= 0.3 is 0 Å². The molecule has 17 heavy (non-hydrogen) atoms. The first-order valence-corrected chi connectivity index (χ1v) is 6.51. The molecule has 0 aliphatic heterocycles. The van der Waals surface area contributed by atoms with Crippen LogP contribution in [-0.4, -0.2) is 14.7 Å². The Bertz CT molecular complexity index is 476. The molecule has 2 aromatic rings. The highest BCUT2D eigenvalue weighted by atomic mass is 32.2. The monoisotopic (exact) mass is 248 g/mol. The summed E-state index contributed by atoms with van der Waals surface area (Å²) >= 11 is 1.77. The molecule has 0 aliphatic carbocycles. The van der Waals surface area contributed by atoms with Gasteiger partial charge in [0.25, 0.3) is 0 Å². The van der Waals surface area contributed by atoms with Gasteiger partial charge in [0.1, 0.15) is 0 Å². The van der Waals surface area contributed by atoms with Crippen molar-refractivity contribution in [1.82, 2.24) is 9.55 Å². The molecule has 4 heteroatoms. The van der Waals surface area contributed by atoms with Gasteiger partial charge in [0.05, 0.1) is 12.4 Å². The predicted molar refractivity (Wildman–Crippen MR) is 69.8 cm³/mol. The van der Waals surface area contributed by atoms with Crippen LogP contribution in [-0.2, 0) is 12.8 Å². The first-order valence-electron chi connectivity index (χ1n) is 5.53. The molecule has 0 amide bonds. The van der Waals surface area contributed by atoms with E-state index in [1.807, 2.05) is 48.4 Å². The Hall–Kier alpha value is -1.26. The summed E-state index contributed by atoms with van der Waals surface area (Å²) < 4.78 is 2.02. The molecule has 0 spiro atoms. The van der Waals surface area contributed by atoms with Crippen LogP contribution in [0.2, 0.25) is 0 Å². The molecule has 90 valence electrons. The molecule has 1 heterocycles. The van der Waals surface area contributed by atoms with Crippen LogP contribution in [0.3, 0.4) is 0 Å². The zero-order valence-corrected chi connectivity index (χ0v) is 10.8. The second kappa shape index (κ2) is 5.38. The molecule has 1 atom stereocenters. The third-order valence-corrected chi connectivity index (χ3v) is 3.71. The summed E-state index contributed by atoms with van der Waals surface area (Å²) in [5, 5.41) is 9.41. The smallest absolute Gasteiger partial charge is 0.0945 e. The maximum absolute atomic E-state index is 9.41. The summed E-state index contributed by atoms with van der Waals surface area (Å²) in [6.07, 6.45) is 3.30. The number of benzene rings is 1. The maximum atomic E-state index is 9.41. The number of aryl methyl sites for hydroxylation is 1. The second-order valence-electron chi connectivity index (χ2n) is 4.03. The third kappa shape index (κ3) is 3.11. The Labute approximate surface area is 106 Å². The summed E-state index contributed by atoms with van der Waals surface area (Å²) in [6.45, 7) is 1.78. The van der Waals surface area contributed by atoms with Gasteiger partial charge in [0, 0.05) is 29.6 Å². The number of aliphatic hydroxyl groups is 1. The average molecular weight is 248 g/mol. The Morgan fingerprint density at radius 1 is 1.35 bits per heavy atom. The van der Waals surface area contributed by atoms with Gasteiger partial charge in [-0.3, -0.25) is 0 Å². The van der Waals surface area contributed by atoms with Gasteiger partial charge in [0.15, 0.2) is 0 Å². The fourth-order valence-corrected chi connectivity index (χ4v) is 2.44. The lowest BCUT2D eigenvalue weighted by atomic mass is 10.1. The molecule has 1 aromatic heterocycles.